The predicted molar refractivity (Wildman–Crippen MR) is 83.1 cm³/mol. The fourth-order valence-corrected chi connectivity index (χ4v) is 3.40. The molecule has 0 N–H and O–H groups in total. The molecule has 1 aliphatic rings. The maximum absolute atomic E-state index is 11.4. The minimum atomic E-state index is 0.782. The Kier molecular flexibility index (Phi) is 2.31. The number of hydrogen-bond acceptors (Lipinski definition) is 1. The van der Waals surface area contributed by atoms with E-state index >= 15 is 0 Å². The summed E-state index contributed by atoms with van der Waals surface area (Å²) in [6.07, 6.45) is 1.99. The van der Waals surface area contributed by atoms with E-state index in [1.165, 1.54) is 33.0 Å². The van der Waals surface area contributed by atoms with Gasteiger partial charge in [0.2, 0.25) is 0 Å². The van der Waals surface area contributed by atoms with Crippen molar-refractivity contribution in [1.29, 1.82) is 0 Å². The van der Waals surface area contributed by atoms with Gasteiger partial charge in [-0.3, -0.25) is 4.79 Å². The Balaban J connectivity index is 2.22. The number of carbonyl (C=O) groups is 1. The first-order valence-corrected chi connectivity index (χ1v) is 6.98. The molecule has 1 aliphatic carbocycles. The molecule has 0 saturated carbocycles. The van der Waals surface area contributed by atoms with Crippen molar-refractivity contribution in [1.82, 2.24) is 0 Å². The Bertz CT molecular complexity index is 859. The molecule has 0 fully saturated rings. The molecule has 1 heteroatoms. The van der Waals surface area contributed by atoms with Crippen molar-refractivity contribution in [3.63, 3.8) is 0 Å². The molecule has 0 atom stereocenters. The van der Waals surface area contributed by atoms with Crippen LogP contribution in [-0.2, 0) is 6.42 Å². The first kappa shape index (κ1) is 11.4. The second-order valence-corrected chi connectivity index (χ2v) is 5.24. The zero-order valence-corrected chi connectivity index (χ0v) is 11.3. The van der Waals surface area contributed by atoms with Gasteiger partial charge < -0.3 is 0 Å². The van der Waals surface area contributed by atoms with E-state index in [9.17, 15) is 4.79 Å². The molecule has 0 bridgehead atoms. The van der Waals surface area contributed by atoms with Crippen LogP contribution in [0.2, 0.25) is 0 Å². The van der Waals surface area contributed by atoms with Gasteiger partial charge in [0.25, 0.3) is 0 Å². The highest BCUT2D eigenvalue weighted by Crippen LogP contribution is 2.48. The summed E-state index contributed by atoms with van der Waals surface area (Å²) in [5, 5.41) is 2.62. The Hall–Kier alpha value is -2.41. The van der Waals surface area contributed by atoms with E-state index in [0.29, 0.717) is 0 Å². The third kappa shape index (κ3) is 1.30. The smallest absolute Gasteiger partial charge is 0.150 e. The summed E-state index contributed by atoms with van der Waals surface area (Å²) in [7, 11) is 0. The van der Waals surface area contributed by atoms with E-state index in [0.717, 1.165) is 23.8 Å². The topological polar surface area (TPSA) is 17.1 Å². The summed E-state index contributed by atoms with van der Waals surface area (Å²) in [5.41, 5.74) is 6.88. The van der Waals surface area contributed by atoms with E-state index in [1.807, 2.05) is 12.1 Å². The highest BCUT2D eigenvalue weighted by molar-refractivity contribution is 6.18. The van der Waals surface area contributed by atoms with Crippen LogP contribution >= 0.6 is 0 Å². The van der Waals surface area contributed by atoms with Gasteiger partial charge in [-0.2, -0.15) is 0 Å². The lowest BCUT2D eigenvalue weighted by molar-refractivity contribution is 0.112. The van der Waals surface area contributed by atoms with Gasteiger partial charge in [0.1, 0.15) is 0 Å². The highest BCUT2D eigenvalue weighted by atomic mass is 16.1. The molecule has 20 heavy (non-hydrogen) atoms. The van der Waals surface area contributed by atoms with Crippen LogP contribution < -0.4 is 0 Å². The molecule has 3 aromatic rings. The Morgan fingerprint density at radius 2 is 1.70 bits per heavy atom. The molecule has 96 valence electrons. The molecule has 0 radical (unpaired) electrons. The standard InChI is InChI=1S/C19H14O/c1-2-12-9-10-17-18-13(11-20)5-3-7-15(18)16-8-4-6-14(12)19(16)17/h3-11H,2H2,1H3. The normalized spacial score (nSPS) is 11.7. The molecule has 0 spiro atoms. The summed E-state index contributed by atoms with van der Waals surface area (Å²) in [4.78, 5) is 11.4. The van der Waals surface area contributed by atoms with E-state index < -0.39 is 0 Å². The summed E-state index contributed by atoms with van der Waals surface area (Å²) in [5.74, 6) is 0. The van der Waals surface area contributed by atoms with Gasteiger partial charge in [-0.15, -0.1) is 0 Å². The van der Waals surface area contributed by atoms with Crippen LogP contribution in [0.1, 0.15) is 22.8 Å². The molecular weight excluding hydrogens is 244 g/mol. The van der Waals surface area contributed by atoms with Crippen molar-refractivity contribution < 1.29 is 4.79 Å². The minimum absolute atomic E-state index is 0.782. The number of carbonyl (C=O) groups excluding carboxylic acids is 1. The second kappa shape index (κ2) is 4.04. The first-order chi connectivity index (χ1) is 9.85. The van der Waals surface area contributed by atoms with Crippen molar-refractivity contribution in [3.05, 3.63) is 59.7 Å². The van der Waals surface area contributed by atoms with Gasteiger partial charge in [0.05, 0.1) is 0 Å². The van der Waals surface area contributed by atoms with Crippen LogP contribution in [0.3, 0.4) is 0 Å². The lowest BCUT2D eigenvalue weighted by Gasteiger charge is -2.07. The molecule has 1 nitrogen and oxygen atoms in total. The zero-order chi connectivity index (χ0) is 13.7. The first-order valence-electron chi connectivity index (χ1n) is 6.98. The molecule has 0 amide bonds. The second-order valence-electron chi connectivity index (χ2n) is 5.24. The average Bonchev–Trinajstić information content (AvgIpc) is 2.84. The van der Waals surface area contributed by atoms with Crippen molar-refractivity contribution in [3.8, 4) is 22.3 Å². The Morgan fingerprint density at radius 1 is 0.900 bits per heavy atom. The van der Waals surface area contributed by atoms with Crippen LogP contribution in [0.25, 0.3) is 33.0 Å². The Morgan fingerprint density at radius 3 is 2.50 bits per heavy atom. The monoisotopic (exact) mass is 258 g/mol. The maximum Gasteiger partial charge on any atom is 0.150 e. The van der Waals surface area contributed by atoms with Gasteiger partial charge in [0, 0.05) is 11.1 Å². The quantitative estimate of drug-likeness (QED) is 0.469. The predicted octanol–water partition coefficient (Wildman–Crippen LogP) is 4.86. The fraction of sp³-hybridized carbons (Fsp3) is 0.105. The number of rotatable bonds is 2. The van der Waals surface area contributed by atoms with E-state index in [4.69, 9.17) is 0 Å². The number of aldehydes is 1. The number of hydrogen-bond donors (Lipinski definition) is 0. The van der Waals surface area contributed by atoms with Crippen LogP contribution in [0.5, 0.6) is 0 Å². The largest absolute Gasteiger partial charge is 0.298 e. The highest BCUT2D eigenvalue weighted by Gasteiger charge is 2.23. The SMILES string of the molecule is CCc1ccc2c3c(cccc13)-c1cccc(C=O)c1-2. The maximum atomic E-state index is 11.4. The van der Waals surface area contributed by atoms with Gasteiger partial charge in [-0.05, 0) is 39.4 Å². The zero-order valence-electron chi connectivity index (χ0n) is 11.3. The van der Waals surface area contributed by atoms with Crippen molar-refractivity contribution in [2.45, 2.75) is 13.3 Å². The summed E-state index contributed by atoms with van der Waals surface area (Å²) < 4.78 is 0. The summed E-state index contributed by atoms with van der Waals surface area (Å²) in [6, 6.07) is 16.8. The van der Waals surface area contributed by atoms with Crippen LogP contribution in [-0.4, -0.2) is 6.29 Å². The van der Waals surface area contributed by atoms with E-state index in [1.54, 1.807) is 0 Å². The molecule has 0 aliphatic heterocycles. The molecule has 0 aromatic heterocycles. The van der Waals surface area contributed by atoms with E-state index in [-0.39, 0.29) is 0 Å². The van der Waals surface area contributed by atoms with Crippen molar-refractivity contribution >= 4 is 17.1 Å². The number of benzene rings is 3. The van der Waals surface area contributed by atoms with Gasteiger partial charge in [0.15, 0.2) is 6.29 Å². The Labute approximate surface area is 117 Å². The minimum Gasteiger partial charge on any atom is -0.298 e. The molecule has 3 aromatic carbocycles. The molecule has 0 heterocycles. The molecular formula is C19H14O. The van der Waals surface area contributed by atoms with Gasteiger partial charge in [-0.1, -0.05) is 55.5 Å². The lowest BCUT2D eigenvalue weighted by Crippen LogP contribution is -1.87. The third-order valence-electron chi connectivity index (χ3n) is 4.29. The summed E-state index contributed by atoms with van der Waals surface area (Å²) in [6.45, 7) is 2.18. The average molecular weight is 258 g/mol. The van der Waals surface area contributed by atoms with Gasteiger partial charge in [-0.25, -0.2) is 0 Å². The van der Waals surface area contributed by atoms with Crippen molar-refractivity contribution in [2.75, 3.05) is 0 Å². The molecule has 0 saturated heterocycles. The van der Waals surface area contributed by atoms with Crippen LogP contribution in [0.4, 0.5) is 0 Å². The van der Waals surface area contributed by atoms with E-state index in [2.05, 4.69) is 43.3 Å². The summed E-state index contributed by atoms with van der Waals surface area (Å²) >= 11 is 0. The molecule has 4 rings (SSSR count). The number of aryl methyl sites for hydroxylation is 1. The van der Waals surface area contributed by atoms with Crippen molar-refractivity contribution in [2.24, 2.45) is 0 Å². The number of fused-ring (bicyclic) bond motifs is 3. The third-order valence-corrected chi connectivity index (χ3v) is 4.29. The van der Waals surface area contributed by atoms with Crippen LogP contribution in [0, 0.1) is 0 Å². The van der Waals surface area contributed by atoms with Crippen LogP contribution in [0.15, 0.2) is 48.5 Å². The molecule has 0 unspecified atom stereocenters. The lowest BCUT2D eigenvalue weighted by atomic mass is 9.96. The fourth-order valence-electron chi connectivity index (χ4n) is 3.40. The van der Waals surface area contributed by atoms with Gasteiger partial charge >= 0.3 is 0 Å².